The summed E-state index contributed by atoms with van der Waals surface area (Å²) >= 11 is 1.19. The van der Waals surface area contributed by atoms with Crippen LogP contribution in [0, 0.1) is 0 Å². The van der Waals surface area contributed by atoms with Crippen LogP contribution in [0.1, 0.15) is 40.3 Å². The van der Waals surface area contributed by atoms with E-state index in [1.165, 1.54) is 16.2 Å². The summed E-state index contributed by atoms with van der Waals surface area (Å²) in [4.78, 5) is 25.8. The minimum absolute atomic E-state index is 0.186. The maximum atomic E-state index is 12.1. The molecule has 7 heteroatoms. The zero-order chi connectivity index (χ0) is 15.3. The fraction of sp³-hybridized carbons (Fsp3) is 0.538. The van der Waals surface area contributed by atoms with Crippen molar-refractivity contribution in [3.63, 3.8) is 0 Å². The number of nitrogen functional groups attached to an aromatic ring is 1. The molecular weight excluding hydrogens is 278 g/mol. The highest BCUT2D eigenvalue weighted by Crippen LogP contribution is 2.36. The van der Waals surface area contributed by atoms with Crippen molar-refractivity contribution in [2.75, 3.05) is 38.3 Å². The van der Waals surface area contributed by atoms with Crippen LogP contribution in [0.3, 0.4) is 0 Å². The van der Waals surface area contributed by atoms with E-state index in [-0.39, 0.29) is 23.8 Å². The Hall–Kier alpha value is -1.76. The molecule has 0 spiro atoms. The lowest BCUT2D eigenvalue weighted by atomic mass is 10.2. The summed E-state index contributed by atoms with van der Waals surface area (Å²) in [6, 6.07) is 0. The van der Waals surface area contributed by atoms with E-state index < -0.39 is 5.97 Å². The fourth-order valence-corrected chi connectivity index (χ4v) is 2.73. The highest BCUT2D eigenvalue weighted by molar-refractivity contribution is 7.19. The second-order valence-corrected chi connectivity index (χ2v) is 5.42. The van der Waals surface area contributed by atoms with Gasteiger partial charge in [-0.15, -0.1) is 11.3 Å². The minimum atomic E-state index is -0.502. The van der Waals surface area contributed by atoms with Crippen molar-refractivity contribution < 1.29 is 14.3 Å². The summed E-state index contributed by atoms with van der Waals surface area (Å²) in [5.41, 5.74) is 6.41. The Morgan fingerprint density at radius 3 is 2.50 bits per heavy atom. The summed E-state index contributed by atoms with van der Waals surface area (Å²) in [6.45, 7) is 4.70. The van der Waals surface area contributed by atoms with Crippen LogP contribution in [0.5, 0.6) is 0 Å². The molecule has 0 fully saturated rings. The molecule has 0 aliphatic carbocycles. The summed E-state index contributed by atoms with van der Waals surface area (Å²) in [7, 11) is 3.29. The number of rotatable bonds is 6. The summed E-state index contributed by atoms with van der Waals surface area (Å²) in [6.07, 6.45) is 0.900. The average Bonchev–Trinajstić information content (AvgIpc) is 2.72. The van der Waals surface area contributed by atoms with Crippen molar-refractivity contribution in [1.29, 1.82) is 0 Å². The van der Waals surface area contributed by atoms with Crippen molar-refractivity contribution in [2.45, 2.75) is 20.3 Å². The third-order valence-electron chi connectivity index (χ3n) is 2.56. The quantitative estimate of drug-likeness (QED) is 0.785. The molecule has 1 rings (SSSR count). The number of carbonyl (C=O) groups excluding carboxylic acids is 2. The Balaban J connectivity index is 3.23. The Morgan fingerprint density at radius 1 is 1.35 bits per heavy atom. The molecule has 1 aromatic heterocycles. The standard InChI is InChI=1S/C13H21N3O3S/c1-5-7-15-11-8(13(18)19-6-2)9(14)10(20-11)12(17)16(3)4/h15H,5-7,14H2,1-4H3. The van der Waals surface area contributed by atoms with Gasteiger partial charge in [0, 0.05) is 20.6 Å². The van der Waals surface area contributed by atoms with Crippen LogP contribution < -0.4 is 11.1 Å². The Labute approximate surface area is 122 Å². The number of amides is 1. The van der Waals surface area contributed by atoms with E-state index in [4.69, 9.17) is 10.5 Å². The number of nitrogens with zero attached hydrogens (tertiary/aromatic N) is 1. The Bertz CT molecular complexity index is 497. The number of hydrogen-bond acceptors (Lipinski definition) is 6. The molecule has 0 aromatic carbocycles. The van der Waals surface area contributed by atoms with E-state index in [0.29, 0.717) is 16.4 Å². The van der Waals surface area contributed by atoms with Crippen molar-refractivity contribution in [3.8, 4) is 0 Å². The molecule has 1 amide bonds. The Kier molecular flexibility index (Phi) is 5.82. The van der Waals surface area contributed by atoms with E-state index in [2.05, 4.69) is 5.32 Å². The SMILES string of the molecule is CCCNc1sc(C(=O)N(C)C)c(N)c1C(=O)OCC. The van der Waals surface area contributed by atoms with Crippen molar-refractivity contribution in [3.05, 3.63) is 10.4 Å². The van der Waals surface area contributed by atoms with Crippen LogP contribution in [0.4, 0.5) is 10.7 Å². The van der Waals surface area contributed by atoms with E-state index >= 15 is 0 Å². The molecule has 3 N–H and O–H groups in total. The number of nitrogens with two attached hydrogens (primary N) is 1. The first kappa shape index (κ1) is 16.3. The molecule has 20 heavy (non-hydrogen) atoms. The smallest absolute Gasteiger partial charge is 0.343 e. The van der Waals surface area contributed by atoms with Crippen LogP contribution >= 0.6 is 11.3 Å². The highest BCUT2D eigenvalue weighted by Gasteiger charge is 2.27. The van der Waals surface area contributed by atoms with Gasteiger partial charge in [0.05, 0.1) is 12.3 Å². The average molecular weight is 299 g/mol. The molecule has 0 bridgehead atoms. The number of anilines is 2. The maximum Gasteiger partial charge on any atom is 0.343 e. The van der Waals surface area contributed by atoms with E-state index in [0.717, 1.165) is 6.42 Å². The lowest BCUT2D eigenvalue weighted by Gasteiger charge is -2.08. The normalized spacial score (nSPS) is 10.2. The monoisotopic (exact) mass is 299 g/mol. The van der Waals surface area contributed by atoms with E-state index in [9.17, 15) is 9.59 Å². The predicted octanol–water partition coefficient (Wildman–Crippen LogP) is 2.03. The first-order valence-electron chi connectivity index (χ1n) is 6.48. The molecule has 0 radical (unpaired) electrons. The third kappa shape index (κ3) is 3.41. The van der Waals surface area contributed by atoms with Gasteiger partial charge in [0.2, 0.25) is 0 Å². The second kappa shape index (κ2) is 7.14. The molecule has 1 heterocycles. The molecular formula is C13H21N3O3S. The topological polar surface area (TPSA) is 84.7 Å². The number of nitrogens with one attached hydrogen (secondary N) is 1. The predicted molar refractivity (Wildman–Crippen MR) is 81.5 cm³/mol. The minimum Gasteiger partial charge on any atom is -0.462 e. The molecule has 0 saturated heterocycles. The zero-order valence-corrected chi connectivity index (χ0v) is 13.1. The van der Waals surface area contributed by atoms with E-state index in [1.807, 2.05) is 6.92 Å². The number of esters is 1. The fourth-order valence-electron chi connectivity index (χ4n) is 1.57. The first-order valence-corrected chi connectivity index (χ1v) is 7.30. The maximum absolute atomic E-state index is 12.1. The summed E-state index contributed by atoms with van der Waals surface area (Å²) in [5.74, 6) is -0.722. The molecule has 0 saturated carbocycles. The van der Waals surface area contributed by atoms with Crippen LogP contribution in [0.2, 0.25) is 0 Å². The van der Waals surface area contributed by atoms with Crippen molar-refractivity contribution >= 4 is 33.9 Å². The van der Waals surface area contributed by atoms with Crippen LogP contribution in [-0.2, 0) is 4.74 Å². The highest BCUT2D eigenvalue weighted by atomic mass is 32.1. The number of thiophene rings is 1. The third-order valence-corrected chi connectivity index (χ3v) is 3.71. The van der Waals surface area contributed by atoms with Crippen molar-refractivity contribution in [1.82, 2.24) is 4.90 Å². The van der Waals surface area contributed by atoms with Gasteiger partial charge in [-0.05, 0) is 13.3 Å². The van der Waals surface area contributed by atoms with Crippen LogP contribution in [0.25, 0.3) is 0 Å². The van der Waals surface area contributed by atoms with Crippen LogP contribution in [0.15, 0.2) is 0 Å². The number of carbonyl (C=O) groups is 2. The molecule has 0 aliphatic rings. The van der Waals surface area contributed by atoms with Gasteiger partial charge in [0.1, 0.15) is 15.4 Å². The molecule has 6 nitrogen and oxygen atoms in total. The second-order valence-electron chi connectivity index (χ2n) is 4.40. The lowest BCUT2D eigenvalue weighted by Crippen LogP contribution is -2.21. The van der Waals surface area contributed by atoms with Crippen molar-refractivity contribution in [2.24, 2.45) is 0 Å². The van der Waals surface area contributed by atoms with Gasteiger partial charge in [0.15, 0.2) is 0 Å². The molecule has 0 atom stereocenters. The number of ether oxygens (including phenoxy) is 1. The Morgan fingerprint density at radius 2 is 2.00 bits per heavy atom. The van der Waals surface area contributed by atoms with Gasteiger partial charge >= 0.3 is 5.97 Å². The molecule has 1 aromatic rings. The first-order chi connectivity index (χ1) is 9.43. The summed E-state index contributed by atoms with van der Waals surface area (Å²) < 4.78 is 5.01. The van der Waals surface area contributed by atoms with Gasteiger partial charge in [0.25, 0.3) is 5.91 Å². The molecule has 112 valence electrons. The molecule has 0 aliphatic heterocycles. The van der Waals surface area contributed by atoms with Gasteiger partial charge < -0.3 is 20.7 Å². The summed E-state index contributed by atoms with van der Waals surface area (Å²) in [5, 5.41) is 3.71. The molecule has 0 unspecified atom stereocenters. The lowest BCUT2D eigenvalue weighted by molar-refractivity contribution is 0.0529. The van der Waals surface area contributed by atoms with Gasteiger partial charge in [-0.1, -0.05) is 6.92 Å². The van der Waals surface area contributed by atoms with Gasteiger partial charge in [-0.25, -0.2) is 4.79 Å². The van der Waals surface area contributed by atoms with Crippen LogP contribution in [-0.4, -0.2) is 44.0 Å². The zero-order valence-electron chi connectivity index (χ0n) is 12.3. The van der Waals surface area contributed by atoms with Gasteiger partial charge in [-0.2, -0.15) is 0 Å². The number of hydrogen-bond donors (Lipinski definition) is 2. The van der Waals surface area contributed by atoms with E-state index in [1.54, 1.807) is 21.0 Å². The largest absolute Gasteiger partial charge is 0.462 e. The van der Waals surface area contributed by atoms with Gasteiger partial charge in [-0.3, -0.25) is 4.79 Å².